The van der Waals surface area contributed by atoms with Gasteiger partial charge in [0.15, 0.2) is 0 Å². The van der Waals surface area contributed by atoms with Crippen LogP contribution in [0.15, 0.2) is 21.7 Å². The Kier molecular flexibility index (Phi) is 4.12. The first kappa shape index (κ1) is 12.9. The van der Waals surface area contributed by atoms with E-state index < -0.39 is 5.54 Å². The van der Waals surface area contributed by atoms with Crippen LogP contribution in [0.25, 0.3) is 0 Å². The molecule has 1 aromatic rings. The van der Waals surface area contributed by atoms with Crippen LogP contribution in [0.2, 0.25) is 0 Å². The van der Waals surface area contributed by atoms with E-state index in [0.29, 0.717) is 5.92 Å². The minimum atomic E-state index is -0.511. The third-order valence-electron chi connectivity index (χ3n) is 3.14. The minimum Gasteiger partial charge on any atom is -0.368 e. The number of carbonyl (C=O) groups excluding carboxylic acids is 1. The van der Waals surface area contributed by atoms with Crippen LogP contribution in [0, 0.1) is 5.92 Å². The molecule has 0 aromatic carbocycles. The van der Waals surface area contributed by atoms with Gasteiger partial charge in [-0.3, -0.25) is 4.79 Å². The summed E-state index contributed by atoms with van der Waals surface area (Å²) in [6.45, 7) is 2.81. The molecule has 0 aliphatic heterocycles. The molecule has 1 aromatic heterocycles. The zero-order valence-electron chi connectivity index (χ0n) is 9.94. The van der Waals surface area contributed by atoms with Gasteiger partial charge in [0.05, 0.1) is 4.21 Å². The van der Waals surface area contributed by atoms with Crippen LogP contribution < -0.4 is 11.1 Å². The van der Waals surface area contributed by atoms with E-state index >= 15 is 0 Å². The van der Waals surface area contributed by atoms with Crippen LogP contribution in [-0.4, -0.2) is 23.7 Å². The second-order valence-electron chi connectivity index (χ2n) is 4.36. The van der Waals surface area contributed by atoms with Gasteiger partial charge in [-0.2, -0.15) is 0 Å². The first-order valence-corrected chi connectivity index (χ1v) is 7.77. The maximum atomic E-state index is 11.8. The van der Waals surface area contributed by atoms with E-state index in [4.69, 9.17) is 5.73 Å². The topological polar surface area (TPSA) is 55.1 Å². The lowest BCUT2D eigenvalue weighted by Gasteiger charge is -2.31. The Morgan fingerprint density at radius 3 is 2.94 bits per heavy atom. The summed E-state index contributed by atoms with van der Waals surface area (Å²) in [5.41, 5.74) is 5.12. The normalized spacial score (nSPS) is 18.9. The van der Waals surface area contributed by atoms with Gasteiger partial charge in [-0.1, -0.05) is 13.0 Å². The van der Waals surface area contributed by atoms with Crippen molar-refractivity contribution in [3.63, 3.8) is 0 Å². The van der Waals surface area contributed by atoms with E-state index in [1.165, 1.54) is 4.21 Å². The fraction of sp³-hybridized carbons (Fsp3) is 0.583. The third kappa shape index (κ3) is 2.84. The summed E-state index contributed by atoms with van der Waals surface area (Å²) in [6.07, 6.45) is 2.22. The summed E-state index contributed by atoms with van der Waals surface area (Å²) in [6, 6.07) is 4.11. The summed E-state index contributed by atoms with van der Waals surface area (Å²) < 4.78 is 1.24. The van der Waals surface area contributed by atoms with Crippen molar-refractivity contribution in [1.82, 2.24) is 5.32 Å². The number of nitrogens with one attached hydrogen (secondary N) is 1. The quantitative estimate of drug-likeness (QED) is 0.746. The summed E-state index contributed by atoms with van der Waals surface area (Å²) in [7, 11) is 0. The fourth-order valence-electron chi connectivity index (χ4n) is 2.09. The van der Waals surface area contributed by atoms with E-state index in [0.717, 1.165) is 25.1 Å². The molecule has 1 saturated carbocycles. The third-order valence-corrected chi connectivity index (χ3v) is 5.47. The molecule has 1 aliphatic carbocycles. The zero-order valence-corrected chi connectivity index (χ0v) is 11.6. The molecule has 0 radical (unpaired) electrons. The van der Waals surface area contributed by atoms with Crippen molar-refractivity contribution in [3.05, 3.63) is 17.5 Å². The van der Waals surface area contributed by atoms with E-state index in [-0.39, 0.29) is 5.91 Å². The molecule has 0 spiro atoms. The molecular weight excluding hydrogens is 252 g/mol. The van der Waals surface area contributed by atoms with Crippen LogP contribution in [-0.2, 0) is 4.79 Å². The van der Waals surface area contributed by atoms with Gasteiger partial charge in [-0.15, -0.1) is 23.1 Å². The van der Waals surface area contributed by atoms with Crippen molar-refractivity contribution in [2.24, 2.45) is 11.7 Å². The lowest BCUT2D eigenvalue weighted by Crippen LogP contribution is -2.59. The number of rotatable bonds is 7. The highest BCUT2D eigenvalue weighted by molar-refractivity contribution is 8.01. The van der Waals surface area contributed by atoms with Gasteiger partial charge in [0.2, 0.25) is 5.91 Å². The van der Waals surface area contributed by atoms with Crippen LogP contribution in [0.5, 0.6) is 0 Å². The maximum Gasteiger partial charge on any atom is 0.238 e. The van der Waals surface area contributed by atoms with Gasteiger partial charge in [0, 0.05) is 5.75 Å². The Bertz CT molecular complexity index is 376. The van der Waals surface area contributed by atoms with E-state index in [1.807, 2.05) is 13.0 Å². The smallest absolute Gasteiger partial charge is 0.238 e. The van der Waals surface area contributed by atoms with Gasteiger partial charge in [-0.25, -0.2) is 0 Å². The van der Waals surface area contributed by atoms with Crippen molar-refractivity contribution < 1.29 is 4.79 Å². The highest BCUT2D eigenvalue weighted by Gasteiger charge is 2.49. The second-order valence-corrected chi connectivity index (χ2v) is 6.58. The molecule has 94 valence electrons. The Hall–Kier alpha value is -0.520. The van der Waals surface area contributed by atoms with Gasteiger partial charge in [-0.05, 0) is 36.8 Å². The number of amides is 1. The fourth-order valence-corrected chi connectivity index (χ4v) is 4.18. The Balaban J connectivity index is 2.06. The number of hydrogen-bond donors (Lipinski definition) is 2. The summed E-state index contributed by atoms with van der Waals surface area (Å²) >= 11 is 3.43. The summed E-state index contributed by atoms with van der Waals surface area (Å²) in [4.78, 5) is 11.8. The number of thiophene rings is 1. The van der Waals surface area contributed by atoms with Crippen molar-refractivity contribution in [1.29, 1.82) is 0 Å². The van der Waals surface area contributed by atoms with Gasteiger partial charge < -0.3 is 11.1 Å². The molecule has 5 heteroatoms. The molecule has 0 bridgehead atoms. The van der Waals surface area contributed by atoms with Gasteiger partial charge in [0.25, 0.3) is 0 Å². The van der Waals surface area contributed by atoms with Crippen molar-refractivity contribution in [2.75, 3.05) is 12.3 Å². The number of primary amides is 1. The Morgan fingerprint density at radius 1 is 1.71 bits per heavy atom. The van der Waals surface area contributed by atoms with Crippen LogP contribution >= 0.6 is 23.1 Å². The molecule has 1 amide bonds. The first-order valence-electron chi connectivity index (χ1n) is 5.90. The molecule has 3 nitrogen and oxygen atoms in total. The Morgan fingerprint density at radius 2 is 2.47 bits per heavy atom. The summed E-state index contributed by atoms with van der Waals surface area (Å²) in [5, 5.41) is 5.38. The van der Waals surface area contributed by atoms with Crippen LogP contribution in [0.1, 0.15) is 19.8 Å². The largest absolute Gasteiger partial charge is 0.368 e. The molecule has 1 atom stereocenters. The lowest BCUT2D eigenvalue weighted by molar-refractivity contribution is -0.124. The summed E-state index contributed by atoms with van der Waals surface area (Å²) in [5.74, 6) is 0.958. The molecule has 17 heavy (non-hydrogen) atoms. The van der Waals surface area contributed by atoms with Crippen molar-refractivity contribution in [2.45, 2.75) is 29.5 Å². The molecule has 1 aliphatic rings. The van der Waals surface area contributed by atoms with E-state index in [2.05, 4.69) is 16.8 Å². The highest BCUT2D eigenvalue weighted by Crippen LogP contribution is 2.42. The van der Waals surface area contributed by atoms with Crippen molar-refractivity contribution in [3.8, 4) is 0 Å². The average Bonchev–Trinajstić information content (AvgIpc) is 3.02. The minimum absolute atomic E-state index is 0.203. The SMILES string of the molecule is CCNC(CSc1cccs1)(C(N)=O)C1CC1. The zero-order chi connectivity index (χ0) is 12.3. The highest BCUT2D eigenvalue weighted by atomic mass is 32.2. The number of likely N-dealkylation sites (N-methyl/N-ethyl adjacent to an activating group) is 1. The van der Waals surface area contributed by atoms with E-state index in [1.54, 1.807) is 23.1 Å². The second kappa shape index (κ2) is 5.42. The number of thioether (sulfide) groups is 1. The predicted octanol–water partition coefficient (Wildman–Crippen LogP) is 2.08. The molecule has 0 saturated heterocycles. The molecule has 1 heterocycles. The first-order chi connectivity index (χ1) is 8.19. The standard InChI is InChI=1S/C12H18N2OS2/c1-2-14-12(11(13)15,9-5-6-9)8-17-10-4-3-7-16-10/h3-4,7,9,14H,2,5-6,8H2,1H3,(H2,13,15). The molecule has 1 unspecified atom stereocenters. The van der Waals surface area contributed by atoms with Crippen LogP contribution in [0.4, 0.5) is 0 Å². The predicted molar refractivity (Wildman–Crippen MR) is 73.4 cm³/mol. The van der Waals surface area contributed by atoms with Gasteiger partial charge in [0.1, 0.15) is 5.54 Å². The van der Waals surface area contributed by atoms with E-state index in [9.17, 15) is 4.79 Å². The molecule has 3 N–H and O–H groups in total. The molecular formula is C12H18N2OS2. The molecule has 1 fully saturated rings. The average molecular weight is 270 g/mol. The lowest BCUT2D eigenvalue weighted by atomic mass is 9.94. The monoisotopic (exact) mass is 270 g/mol. The van der Waals surface area contributed by atoms with Gasteiger partial charge >= 0.3 is 0 Å². The van der Waals surface area contributed by atoms with Crippen molar-refractivity contribution >= 4 is 29.0 Å². The molecule has 2 rings (SSSR count). The number of carbonyl (C=O) groups is 1. The maximum absolute atomic E-state index is 11.8. The number of nitrogens with two attached hydrogens (primary N) is 1. The number of hydrogen-bond acceptors (Lipinski definition) is 4. The Labute approximate surface area is 110 Å². The van der Waals surface area contributed by atoms with Crippen LogP contribution in [0.3, 0.4) is 0 Å².